The Labute approximate surface area is 393 Å². The summed E-state index contributed by atoms with van der Waals surface area (Å²) in [5, 5.41) is 0. The number of hydrogen-bond donors (Lipinski definition) is 0. The van der Waals surface area contributed by atoms with E-state index >= 15 is 0 Å². The predicted octanol–water partition coefficient (Wildman–Crippen LogP) is 18.5. The Bertz CT molecular complexity index is 964. The Kier molecular flexibility index (Phi) is 48.6. The molecule has 1 unspecified atom stereocenters. The molecule has 0 bridgehead atoms. The second-order valence-corrected chi connectivity index (χ2v) is 20.3. The SMILES string of the molecule is CCCCCCCCCCCCCCCCCCCCC(=O)OC[C@H](COC(=O)CCCCCCCCC(C)CC)OC(=O)CCCCCCCCCCCCCCCCC(C)C. The van der Waals surface area contributed by atoms with E-state index < -0.39 is 6.10 Å². The molecule has 0 fully saturated rings. The van der Waals surface area contributed by atoms with Gasteiger partial charge in [0.2, 0.25) is 0 Å². The van der Waals surface area contributed by atoms with Crippen LogP contribution in [0.25, 0.3) is 0 Å². The molecule has 0 amide bonds. The Morgan fingerprint density at radius 3 is 0.905 bits per heavy atom. The second kappa shape index (κ2) is 49.8. The molecule has 2 atom stereocenters. The average molecular weight is 892 g/mol. The number of hydrogen-bond acceptors (Lipinski definition) is 6. The van der Waals surface area contributed by atoms with E-state index in [1.165, 1.54) is 205 Å². The van der Waals surface area contributed by atoms with Crippen LogP contribution < -0.4 is 0 Å². The van der Waals surface area contributed by atoms with E-state index in [2.05, 4.69) is 34.6 Å². The first-order valence-corrected chi connectivity index (χ1v) is 28.3. The maximum atomic E-state index is 12.8. The molecular formula is C57H110O6. The third-order valence-corrected chi connectivity index (χ3v) is 13.3. The summed E-state index contributed by atoms with van der Waals surface area (Å²) in [7, 11) is 0. The highest BCUT2D eigenvalue weighted by atomic mass is 16.6. The van der Waals surface area contributed by atoms with Gasteiger partial charge in [0.15, 0.2) is 6.10 Å². The number of rotatable bonds is 51. The quantitative estimate of drug-likeness (QED) is 0.0344. The highest BCUT2D eigenvalue weighted by molar-refractivity contribution is 5.71. The van der Waals surface area contributed by atoms with Crippen LogP contribution in [0.15, 0.2) is 0 Å². The zero-order valence-corrected chi connectivity index (χ0v) is 43.2. The van der Waals surface area contributed by atoms with Crippen LogP contribution in [0.4, 0.5) is 0 Å². The van der Waals surface area contributed by atoms with Gasteiger partial charge in [-0.25, -0.2) is 0 Å². The third kappa shape index (κ3) is 49.7. The van der Waals surface area contributed by atoms with Crippen molar-refractivity contribution in [3.8, 4) is 0 Å². The summed E-state index contributed by atoms with van der Waals surface area (Å²) < 4.78 is 16.9. The van der Waals surface area contributed by atoms with E-state index in [9.17, 15) is 14.4 Å². The van der Waals surface area contributed by atoms with E-state index in [0.29, 0.717) is 19.3 Å². The van der Waals surface area contributed by atoms with Crippen LogP contribution in [0.1, 0.15) is 317 Å². The van der Waals surface area contributed by atoms with Crippen molar-refractivity contribution >= 4 is 17.9 Å². The highest BCUT2D eigenvalue weighted by Crippen LogP contribution is 2.18. The van der Waals surface area contributed by atoms with Gasteiger partial charge in [0, 0.05) is 19.3 Å². The Hall–Kier alpha value is -1.59. The molecule has 6 heteroatoms. The van der Waals surface area contributed by atoms with Gasteiger partial charge in [-0.05, 0) is 31.1 Å². The molecule has 0 saturated heterocycles. The van der Waals surface area contributed by atoms with Crippen molar-refractivity contribution in [2.24, 2.45) is 11.8 Å². The lowest BCUT2D eigenvalue weighted by Gasteiger charge is -2.18. The van der Waals surface area contributed by atoms with E-state index in [1.807, 2.05) is 0 Å². The van der Waals surface area contributed by atoms with Crippen LogP contribution in [0.3, 0.4) is 0 Å². The van der Waals surface area contributed by atoms with Gasteiger partial charge in [0.25, 0.3) is 0 Å². The van der Waals surface area contributed by atoms with Crippen molar-refractivity contribution in [3.63, 3.8) is 0 Å². The molecule has 0 radical (unpaired) electrons. The van der Waals surface area contributed by atoms with Crippen molar-refractivity contribution in [1.82, 2.24) is 0 Å². The first-order valence-electron chi connectivity index (χ1n) is 28.3. The molecule has 0 aromatic heterocycles. The molecule has 0 aromatic rings. The van der Waals surface area contributed by atoms with Gasteiger partial charge in [0.1, 0.15) is 13.2 Å². The second-order valence-electron chi connectivity index (χ2n) is 20.3. The third-order valence-electron chi connectivity index (χ3n) is 13.3. The van der Waals surface area contributed by atoms with Crippen LogP contribution >= 0.6 is 0 Å². The first-order chi connectivity index (χ1) is 30.8. The topological polar surface area (TPSA) is 78.9 Å². The number of ether oxygens (including phenoxy) is 3. The van der Waals surface area contributed by atoms with Crippen LogP contribution in [0, 0.1) is 11.8 Å². The average Bonchev–Trinajstić information content (AvgIpc) is 3.27. The molecule has 0 rings (SSSR count). The van der Waals surface area contributed by atoms with Crippen LogP contribution in [-0.4, -0.2) is 37.2 Å². The molecular weight excluding hydrogens is 781 g/mol. The van der Waals surface area contributed by atoms with Crippen molar-refractivity contribution in [1.29, 1.82) is 0 Å². The normalized spacial score (nSPS) is 12.5. The largest absolute Gasteiger partial charge is 0.462 e. The Morgan fingerprint density at radius 1 is 0.333 bits per heavy atom. The van der Waals surface area contributed by atoms with Gasteiger partial charge < -0.3 is 14.2 Å². The summed E-state index contributed by atoms with van der Waals surface area (Å²) >= 11 is 0. The Morgan fingerprint density at radius 2 is 0.603 bits per heavy atom. The molecule has 0 spiro atoms. The fraction of sp³-hybridized carbons (Fsp3) is 0.947. The van der Waals surface area contributed by atoms with Crippen LogP contribution in [-0.2, 0) is 28.6 Å². The predicted molar refractivity (Wildman–Crippen MR) is 270 cm³/mol. The molecule has 0 aromatic carbocycles. The zero-order valence-electron chi connectivity index (χ0n) is 43.2. The lowest BCUT2D eigenvalue weighted by molar-refractivity contribution is -0.167. The van der Waals surface area contributed by atoms with E-state index in [-0.39, 0.29) is 31.1 Å². The maximum Gasteiger partial charge on any atom is 0.306 e. The highest BCUT2D eigenvalue weighted by Gasteiger charge is 2.19. The van der Waals surface area contributed by atoms with Gasteiger partial charge in [-0.15, -0.1) is 0 Å². The molecule has 374 valence electrons. The van der Waals surface area contributed by atoms with Crippen molar-refractivity contribution in [2.75, 3.05) is 13.2 Å². The van der Waals surface area contributed by atoms with E-state index in [4.69, 9.17) is 14.2 Å². The van der Waals surface area contributed by atoms with Crippen molar-refractivity contribution in [2.45, 2.75) is 323 Å². The van der Waals surface area contributed by atoms with Gasteiger partial charge in [-0.2, -0.15) is 0 Å². The molecule has 63 heavy (non-hydrogen) atoms. The van der Waals surface area contributed by atoms with Gasteiger partial charge in [-0.3, -0.25) is 14.4 Å². The first kappa shape index (κ1) is 61.4. The molecule has 0 heterocycles. The van der Waals surface area contributed by atoms with E-state index in [1.54, 1.807) is 0 Å². The monoisotopic (exact) mass is 891 g/mol. The van der Waals surface area contributed by atoms with E-state index in [0.717, 1.165) is 69.6 Å². The van der Waals surface area contributed by atoms with Gasteiger partial charge in [0.05, 0.1) is 0 Å². The minimum atomic E-state index is -0.763. The number of carbonyl (C=O) groups is 3. The number of carbonyl (C=O) groups excluding carboxylic acids is 3. The fourth-order valence-electron chi connectivity index (χ4n) is 8.66. The summed E-state index contributed by atoms with van der Waals surface area (Å²) in [5.74, 6) is 0.812. The minimum absolute atomic E-state index is 0.0636. The smallest absolute Gasteiger partial charge is 0.306 e. The molecule has 0 aliphatic heterocycles. The van der Waals surface area contributed by atoms with Crippen molar-refractivity contribution in [3.05, 3.63) is 0 Å². The Balaban J connectivity index is 4.25. The molecule has 0 aliphatic carbocycles. The standard InChI is InChI=1S/C57H110O6/c1-6-8-9-10-11-12-13-14-15-16-17-18-22-25-28-31-37-42-47-55(58)61-50-54(51-62-56(59)48-43-38-34-33-36-41-46-53(5)7-2)63-57(60)49-44-39-32-29-26-23-20-19-21-24-27-30-35-40-45-52(3)4/h52-54H,6-51H2,1-5H3/t53?,54-/m1/s1. The summed E-state index contributed by atoms with van der Waals surface area (Å²) in [4.78, 5) is 38.0. The number of esters is 3. The molecule has 6 nitrogen and oxygen atoms in total. The fourth-order valence-corrected chi connectivity index (χ4v) is 8.66. The lowest BCUT2D eigenvalue weighted by atomic mass is 10.00. The summed E-state index contributed by atoms with van der Waals surface area (Å²) in [5.41, 5.74) is 0. The van der Waals surface area contributed by atoms with Crippen LogP contribution in [0.2, 0.25) is 0 Å². The van der Waals surface area contributed by atoms with Crippen molar-refractivity contribution < 1.29 is 28.6 Å². The molecule has 0 aliphatic rings. The van der Waals surface area contributed by atoms with Gasteiger partial charge in [-0.1, -0.05) is 279 Å². The molecule has 0 saturated carbocycles. The zero-order chi connectivity index (χ0) is 46.1. The summed E-state index contributed by atoms with van der Waals surface area (Å²) in [6.07, 6.45) is 52.4. The summed E-state index contributed by atoms with van der Waals surface area (Å²) in [6, 6.07) is 0. The minimum Gasteiger partial charge on any atom is -0.462 e. The van der Waals surface area contributed by atoms with Gasteiger partial charge >= 0.3 is 17.9 Å². The summed E-state index contributed by atoms with van der Waals surface area (Å²) in [6.45, 7) is 11.4. The molecule has 0 N–H and O–H groups in total. The van der Waals surface area contributed by atoms with Crippen LogP contribution in [0.5, 0.6) is 0 Å². The lowest BCUT2D eigenvalue weighted by Crippen LogP contribution is -2.30. The maximum absolute atomic E-state index is 12.8. The number of unbranched alkanes of at least 4 members (excludes halogenated alkanes) is 35.